The maximum absolute atomic E-state index is 9.50. The van der Waals surface area contributed by atoms with E-state index in [1.54, 1.807) is 21.3 Å². The SMILES string of the molecule is CCCCN(C)C(C#N)c1cc(OC)c(OC)c(OC)c1. The zero-order valence-corrected chi connectivity index (χ0v) is 13.5. The molecule has 1 atom stereocenters. The zero-order chi connectivity index (χ0) is 15.8. The highest BCUT2D eigenvalue weighted by atomic mass is 16.5. The predicted molar refractivity (Wildman–Crippen MR) is 82.0 cm³/mol. The van der Waals surface area contributed by atoms with E-state index in [0.29, 0.717) is 17.2 Å². The molecule has 0 aliphatic carbocycles. The Hall–Kier alpha value is -1.93. The van der Waals surface area contributed by atoms with Gasteiger partial charge in [0, 0.05) is 0 Å². The molecule has 0 saturated heterocycles. The molecule has 21 heavy (non-hydrogen) atoms. The zero-order valence-electron chi connectivity index (χ0n) is 13.5. The van der Waals surface area contributed by atoms with Crippen molar-refractivity contribution in [3.8, 4) is 23.3 Å². The third-order valence-corrected chi connectivity index (χ3v) is 3.43. The minimum atomic E-state index is -0.342. The van der Waals surface area contributed by atoms with E-state index in [-0.39, 0.29) is 6.04 Å². The van der Waals surface area contributed by atoms with Gasteiger partial charge in [-0.2, -0.15) is 5.26 Å². The summed E-state index contributed by atoms with van der Waals surface area (Å²) >= 11 is 0. The van der Waals surface area contributed by atoms with Crippen LogP contribution >= 0.6 is 0 Å². The molecule has 1 aromatic rings. The average Bonchev–Trinajstić information content (AvgIpc) is 2.52. The standard InChI is InChI=1S/C16H24N2O3/c1-6-7-8-18(2)13(11-17)12-9-14(19-3)16(21-5)15(10-12)20-4/h9-10,13H,6-8H2,1-5H3. The number of benzene rings is 1. The fraction of sp³-hybridized carbons (Fsp3) is 0.562. The molecule has 0 aliphatic heterocycles. The fourth-order valence-electron chi connectivity index (χ4n) is 2.22. The van der Waals surface area contributed by atoms with Crippen molar-refractivity contribution in [2.75, 3.05) is 34.9 Å². The van der Waals surface area contributed by atoms with E-state index in [1.807, 2.05) is 24.1 Å². The number of nitrogens with zero attached hydrogens (tertiary/aromatic N) is 2. The lowest BCUT2D eigenvalue weighted by Gasteiger charge is -2.24. The van der Waals surface area contributed by atoms with E-state index < -0.39 is 0 Å². The van der Waals surface area contributed by atoms with Crippen LogP contribution < -0.4 is 14.2 Å². The van der Waals surface area contributed by atoms with Crippen LogP contribution in [-0.2, 0) is 0 Å². The molecule has 0 aliphatic rings. The van der Waals surface area contributed by atoms with Gasteiger partial charge in [-0.15, -0.1) is 0 Å². The maximum atomic E-state index is 9.50. The molecule has 1 unspecified atom stereocenters. The van der Waals surface area contributed by atoms with Crippen LogP contribution in [0.15, 0.2) is 12.1 Å². The highest BCUT2D eigenvalue weighted by molar-refractivity contribution is 5.55. The molecule has 116 valence electrons. The maximum Gasteiger partial charge on any atom is 0.203 e. The van der Waals surface area contributed by atoms with E-state index in [4.69, 9.17) is 14.2 Å². The minimum Gasteiger partial charge on any atom is -0.493 e. The largest absolute Gasteiger partial charge is 0.493 e. The number of unbranched alkanes of at least 4 members (excludes halogenated alkanes) is 1. The first-order valence-electron chi connectivity index (χ1n) is 7.02. The minimum absolute atomic E-state index is 0.342. The second-order valence-corrected chi connectivity index (χ2v) is 4.82. The lowest BCUT2D eigenvalue weighted by Crippen LogP contribution is -2.24. The first-order chi connectivity index (χ1) is 10.1. The van der Waals surface area contributed by atoms with Crippen molar-refractivity contribution in [2.24, 2.45) is 0 Å². The van der Waals surface area contributed by atoms with Crippen molar-refractivity contribution < 1.29 is 14.2 Å². The third-order valence-electron chi connectivity index (χ3n) is 3.43. The van der Waals surface area contributed by atoms with E-state index in [1.165, 1.54) is 0 Å². The number of nitriles is 1. The molecule has 0 heterocycles. The summed E-state index contributed by atoms with van der Waals surface area (Å²) in [6.07, 6.45) is 2.15. The topological polar surface area (TPSA) is 54.7 Å². The predicted octanol–water partition coefficient (Wildman–Crippen LogP) is 3.01. The second-order valence-electron chi connectivity index (χ2n) is 4.82. The summed E-state index contributed by atoms with van der Waals surface area (Å²) in [5.74, 6) is 1.67. The molecule has 0 bridgehead atoms. The summed E-state index contributed by atoms with van der Waals surface area (Å²) in [5.41, 5.74) is 0.839. The Morgan fingerprint density at radius 2 is 1.71 bits per heavy atom. The van der Waals surface area contributed by atoms with Crippen LogP contribution in [0.1, 0.15) is 31.4 Å². The van der Waals surface area contributed by atoms with E-state index in [2.05, 4.69) is 13.0 Å². The average molecular weight is 292 g/mol. The van der Waals surface area contributed by atoms with Gasteiger partial charge in [0.05, 0.1) is 27.4 Å². The Balaban J connectivity index is 3.18. The summed E-state index contributed by atoms with van der Waals surface area (Å²) in [6, 6.07) is 5.66. The highest BCUT2D eigenvalue weighted by Gasteiger charge is 2.21. The van der Waals surface area contributed by atoms with Gasteiger partial charge >= 0.3 is 0 Å². The first kappa shape index (κ1) is 17.1. The molecule has 0 radical (unpaired) electrons. The quantitative estimate of drug-likeness (QED) is 0.737. The molecule has 0 amide bonds. The van der Waals surface area contributed by atoms with Gasteiger partial charge in [-0.3, -0.25) is 4.90 Å². The van der Waals surface area contributed by atoms with Crippen molar-refractivity contribution in [1.82, 2.24) is 4.90 Å². The van der Waals surface area contributed by atoms with Gasteiger partial charge in [-0.05, 0) is 37.7 Å². The van der Waals surface area contributed by atoms with Gasteiger partial charge in [-0.25, -0.2) is 0 Å². The summed E-state index contributed by atoms with van der Waals surface area (Å²) < 4.78 is 16.0. The van der Waals surface area contributed by atoms with Gasteiger partial charge in [0.2, 0.25) is 5.75 Å². The highest BCUT2D eigenvalue weighted by Crippen LogP contribution is 2.40. The van der Waals surface area contributed by atoms with Gasteiger partial charge in [0.15, 0.2) is 11.5 Å². The summed E-state index contributed by atoms with van der Waals surface area (Å²) in [5, 5.41) is 9.50. The van der Waals surface area contributed by atoms with E-state index in [0.717, 1.165) is 24.9 Å². The molecule has 0 N–H and O–H groups in total. The molecule has 5 heteroatoms. The lowest BCUT2D eigenvalue weighted by molar-refractivity contribution is 0.282. The monoisotopic (exact) mass is 292 g/mol. The number of hydrogen-bond acceptors (Lipinski definition) is 5. The second kappa shape index (κ2) is 8.38. The molecule has 1 aromatic carbocycles. The van der Waals surface area contributed by atoms with Gasteiger partial charge in [0.25, 0.3) is 0 Å². The molecule has 0 saturated carbocycles. The van der Waals surface area contributed by atoms with E-state index in [9.17, 15) is 5.26 Å². The van der Waals surface area contributed by atoms with Gasteiger partial charge < -0.3 is 14.2 Å². The van der Waals surface area contributed by atoms with Crippen LogP contribution in [0.4, 0.5) is 0 Å². The Morgan fingerprint density at radius 1 is 1.14 bits per heavy atom. The summed E-state index contributed by atoms with van der Waals surface area (Å²) in [6.45, 7) is 3.00. The van der Waals surface area contributed by atoms with Crippen LogP contribution in [0, 0.1) is 11.3 Å². The van der Waals surface area contributed by atoms with Crippen molar-refractivity contribution in [1.29, 1.82) is 5.26 Å². The Labute approximate surface area is 127 Å². The summed E-state index contributed by atoms with van der Waals surface area (Å²) in [4.78, 5) is 2.03. The van der Waals surface area contributed by atoms with Crippen LogP contribution in [0.3, 0.4) is 0 Å². The lowest BCUT2D eigenvalue weighted by atomic mass is 10.0. The smallest absolute Gasteiger partial charge is 0.203 e. The number of rotatable bonds is 8. The van der Waals surface area contributed by atoms with Crippen molar-refractivity contribution >= 4 is 0 Å². The number of ether oxygens (including phenoxy) is 3. The van der Waals surface area contributed by atoms with Crippen molar-refractivity contribution in [2.45, 2.75) is 25.8 Å². The van der Waals surface area contributed by atoms with Gasteiger partial charge in [-0.1, -0.05) is 13.3 Å². The van der Waals surface area contributed by atoms with Crippen LogP contribution in [0.2, 0.25) is 0 Å². The molecule has 0 aromatic heterocycles. The van der Waals surface area contributed by atoms with Crippen molar-refractivity contribution in [3.05, 3.63) is 17.7 Å². The van der Waals surface area contributed by atoms with Crippen molar-refractivity contribution in [3.63, 3.8) is 0 Å². The number of methoxy groups -OCH3 is 3. The summed E-state index contributed by atoms with van der Waals surface area (Å²) in [7, 11) is 6.66. The van der Waals surface area contributed by atoms with Crippen LogP contribution in [0.5, 0.6) is 17.2 Å². The molecule has 5 nitrogen and oxygen atoms in total. The number of hydrogen-bond donors (Lipinski definition) is 0. The Morgan fingerprint density at radius 3 is 2.10 bits per heavy atom. The molecule has 0 fully saturated rings. The third kappa shape index (κ3) is 4.02. The van der Waals surface area contributed by atoms with Crippen LogP contribution in [0.25, 0.3) is 0 Å². The molecular weight excluding hydrogens is 268 g/mol. The Kier molecular flexibility index (Phi) is 6.83. The normalized spacial score (nSPS) is 11.9. The van der Waals surface area contributed by atoms with E-state index >= 15 is 0 Å². The molecular formula is C16H24N2O3. The first-order valence-corrected chi connectivity index (χ1v) is 7.02. The Bertz CT molecular complexity index is 472. The molecule has 0 spiro atoms. The fourth-order valence-corrected chi connectivity index (χ4v) is 2.22. The van der Waals surface area contributed by atoms with Gasteiger partial charge in [0.1, 0.15) is 6.04 Å². The molecule has 1 rings (SSSR count). The van der Waals surface area contributed by atoms with Crippen LogP contribution in [-0.4, -0.2) is 39.8 Å².